The molecule has 0 aliphatic carbocycles. The number of nitrogens with zero attached hydrogens (tertiary/aromatic N) is 3. The van der Waals surface area contributed by atoms with Gasteiger partial charge in [0, 0.05) is 15.4 Å². The molecule has 1 atom stereocenters. The van der Waals surface area contributed by atoms with Gasteiger partial charge in [-0.05, 0) is 60.5 Å². The largest absolute Gasteiger partial charge is 0.368 e. The molecule has 2 heterocycles. The Balaban J connectivity index is 2.06. The van der Waals surface area contributed by atoms with Gasteiger partial charge in [0.25, 0.3) is 0 Å². The summed E-state index contributed by atoms with van der Waals surface area (Å²) in [7, 11) is 0. The van der Waals surface area contributed by atoms with E-state index < -0.39 is 5.67 Å². The normalized spacial score (nSPS) is 13.1. The Morgan fingerprint density at radius 3 is 2.70 bits per heavy atom. The maximum absolute atomic E-state index is 14.0. The van der Waals surface area contributed by atoms with E-state index in [1.54, 1.807) is 11.3 Å². The Morgan fingerprint density at radius 2 is 2.13 bits per heavy atom. The second-order valence-corrected chi connectivity index (χ2v) is 7.65. The first-order valence-electron chi connectivity index (χ1n) is 7.49. The van der Waals surface area contributed by atoms with Crippen molar-refractivity contribution in [2.75, 3.05) is 11.1 Å². The van der Waals surface area contributed by atoms with Crippen molar-refractivity contribution < 1.29 is 4.39 Å². The van der Waals surface area contributed by atoms with Crippen LogP contribution in [0.4, 0.5) is 16.3 Å². The molecule has 1 unspecified atom stereocenters. The van der Waals surface area contributed by atoms with Crippen molar-refractivity contribution in [1.82, 2.24) is 15.0 Å². The SMILES string of the molecule is CCC(CCc1sccc1Br)Nc1nc(N)nc(C(C)(C)F)n1. The van der Waals surface area contributed by atoms with E-state index in [0.717, 1.165) is 23.7 Å². The van der Waals surface area contributed by atoms with Crippen molar-refractivity contribution in [1.29, 1.82) is 0 Å². The van der Waals surface area contributed by atoms with Gasteiger partial charge in [0.2, 0.25) is 11.9 Å². The highest BCUT2D eigenvalue weighted by Gasteiger charge is 2.24. The number of aromatic nitrogens is 3. The van der Waals surface area contributed by atoms with Gasteiger partial charge in [-0.3, -0.25) is 0 Å². The Labute approximate surface area is 148 Å². The summed E-state index contributed by atoms with van der Waals surface area (Å²) in [6, 6.07) is 2.23. The average molecular weight is 402 g/mol. The van der Waals surface area contributed by atoms with Crippen LogP contribution in [0, 0.1) is 0 Å². The number of nitrogens with one attached hydrogen (secondary N) is 1. The Morgan fingerprint density at radius 1 is 1.39 bits per heavy atom. The first-order chi connectivity index (χ1) is 10.8. The Kier molecular flexibility index (Phi) is 5.91. The van der Waals surface area contributed by atoms with Crippen LogP contribution >= 0.6 is 27.3 Å². The van der Waals surface area contributed by atoms with Gasteiger partial charge in [0.1, 0.15) is 0 Å². The zero-order valence-corrected chi connectivity index (χ0v) is 15.8. The van der Waals surface area contributed by atoms with Gasteiger partial charge in [0.15, 0.2) is 11.5 Å². The van der Waals surface area contributed by atoms with Crippen LogP contribution in [-0.4, -0.2) is 21.0 Å². The van der Waals surface area contributed by atoms with E-state index >= 15 is 0 Å². The van der Waals surface area contributed by atoms with Crippen molar-refractivity contribution in [3.05, 3.63) is 26.6 Å². The zero-order valence-electron chi connectivity index (χ0n) is 13.4. The lowest BCUT2D eigenvalue weighted by Gasteiger charge is -2.19. The predicted molar refractivity (Wildman–Crippen MR) is 96.4 cm³/mol. The lowest BCUT2D eigenvalue weighted by molar-refractivity contribution is 0.206. The lowest BCUT2D eigenvalue weighted by atomic mass is 10.1. The number of anilines is 2. The average Bonchev–Trinajstić information content (AvgIpc) is 2.87. The number of thiophene rings is 1. The molecule has 0 saturated carbocycles. The molecule has 0 aliphatic rings. The predicted octanol–water partition coefficient (Wildman–Crippen LogP) is 4.31. The molecule has 0 aliphatic heterocycles. The fourth-order valence-corrected chi connectivity index (χ4v) is 3.66. The van der Waals surface area contributed by atoms with Crippen molar-refractivity contribution in [2.24, 2.45) is 0 Å². The minimum atomic E-state index is -1.66. The third-order valence-electron chi connectivity index (χ3n) is 3.42. The van der Waals surface area contributed by atoms with Gasteiger partial charge in [-0.1, -0.05) is 6.92 Å². The molecule has 0 bridgehead atoms. The Bertz CT molecular complexity index is 656. The summed E-state index contributed by atoms with van der Waals surface area (Å²) in [5, 5.41) is 5.31. The first-order valence-corrected chi connectivity index (χ1v) is 9.16. The monoisotopic (exact) mass is 401 g/mol. The quantitative estimate of drug-likeness (QED) is 0.722. The maximum atomic E-state index is 14.0. The maximum Gasteiger partial charge on any atom is 0.228 e. The van der Waals surface area contributed by atoms with Crippen LogP contribution in [0.2, 0.25) is 0 Å². The van der Waals surface area contributed by atoms with Crippen LogP contribution in [0.1, 0.15) is 44.3 Å². The van der Waals surface area contributed by atoms with E-state index in [2.05, 4.69) is 54.6 Å². The molecule has 0 radical (unpaired) electrons. The molecular formula is C15H21BrFN5S. The molecule has 0 amide bonds. The smallest absolute Gasteiger partial charge is 0.228 e. The van der Waals surface area contributed by atoms with Crippen LogP contribution in [0.3, 0.4) is 0 Å². The summed E-state index contributed by atoms with van der Waals surface area (Å²) < 4.78 is 15.2. The topological polar surface area (TPSA) is 76.7 Å². The van der Waals surface area contributed by atoms with Gasteiger partial charge in [-0.2, -0.15) is 15.0 Å². The summed E-state index contributed by atoms with van der Waals surface area (Å²) in [4.78, 5) is 13.4. The fourth-order valence-electron chi connectivity index (χ4n) is 2.09. The Hall–Kier alpha value is -1.28. The number of alkyl halides is 1. The number of nitrogens with two attached hydrogens (primary N) is 1. The highest BCUT2D eigenvalue weighted by Crippen LogP contribution is 2.26. The van der Waals surface area contributed by atoms with Crippen molar-refractivity contribution >= 4 is 39.2 Å². The summed E-state index contributed by atoms with van der Waals surface area (Å²) >= 11 is 5.28. The minimum Gasteiger partial charge on any atom is -0.368 e. The second-order valence-electron chi connectivity index (χ2n) is 5.79. The molecule has 0 spiro atoms. The van der Waals surface area contributed by atoms with Crippen LogP contribution in [-0.2, 0) is 12.1 Å². The van der Waals surface area contributed by atoms with E-state index in [9.17, 15) is 4.39 Å². The number of aryl methyl sites for hydroxylation is 1. The van der Waals surface area contributed by atoms with Crippen molar-refractivity contribution in [3.63, 3.8) is 0 Å². The summed E-state index contributed by atoms with van der Waals surface area (Å²) in [5.74, 6) is 0.401. The molecule has 23 heavy (non-hydrogen) atoms. The summed E-state index contributed by atoms with van der Waals surface area (Å²) in [6.45, 7) is 4.89. The molecule has 126 valence electrons. The molecule has 2 aromatic rings. The van der Waals surface area contributed by atoms with Crippen LogP contribution in [0.15, 0.2) is 15.9 Å². The molecule has 2 rings (SSSR count). The van der Waals surface area contributed by atoms with Crippen molar-refractivity contribution in [3.8, 4) is 0 Å². The first kappa shape index (κ1) is 18.1. The zero-order chi connectivity index (χ0) is 17.0. The van der Waals surface area contributed by atoms with Crippen LogP contribution in [0.25, 0.3) is 0 Å². The lowest BCUT2D eigenvalue weighted by Crippen LogP contribution is -2.24. The minimum absolute atomic E-state index is 0.0269. The molecular weight excluding hydrogens is 381 g/mol. The van der Waals surface area contributed by atoms with Crippen LogP contribution < -0.4 is 11.1 Å². The van der Waals surface area contributed by atoms with Crippen LogP contribution in [0.5, 0.6) is 0 Å². The molecule has 0 aromatic carbocycles. The molecule has 0 saturated heterocycles. The van der Waals surface area contributed by atoms with E-state index in [4.69, 9.17) is 5.73 Å². The standard InChI is InChI=1S/C15H21BrFN5S/c1-4-9(5-6-11-10(16)7-8-23-11)19-14-21-12(15(2,3)17)20-13(18)22-14/h7-9H,4-6H2,1-3H3,(H3,18,19,20,21,22). The van der Waals surface area contributed by atoms with Gasteiger partial charge in [0.05, 0.1) is 0 Å². The highest BCUT2D eigenvalue weighted by molar-refractivity contribution is 9.10. The van der Waals surface area contributed by atoms with Gasteiger partial charge in [-0.25, -0.2) is 4.39 Å². The van der Waals surface area contributed by atoms with Gasteiger partial charge < -0.3 is 11.1 Å². The number of nitrogen functional groups attached to an aromatic ring is 1. The van der Waals surface area contributed by atoms with Gasteiger partial charge >= 0.3 is 0 Å². The van der Waals surface area contributed by atoms with E-state index in [1.165, 1.54) is 18.7 Å². The third kappa shape index (κ3) is 5.10. The fraction of sp³-hybridized carbons (Fsp3) is 0.533. The number of rotatable bonds is 7. The number of hydrogen-bond acceptors (Lipinski definition) is 6. The number of halogens is 2. The molecule has 0 fully saturated rings. The molecule has 2 aromatic heterocycles. The number of hydrogen-bond donors (Lipinski definition) is 2. The highest BCUT2D eigenvalue weighted by atomic mass is 79.9. The molecule has 5 nitrogen and oxygen atoms in total. The van der Waals surface area contributed by atoms with Crippen molar-refractivity contribution in [2.45, 2.75) is 51.7 Å². The molecule has 3 N–H and O–H groups in total. The summed E-state index contributed by atoms with van der Waals surface area (Å²) in [5.41, 5.74) is 4.02. The summed E-state index contributed by atoms with van der Waals surface area (Å²) in [6.07, 6.45) is 2.78. The van der Waals surface area contributed by atoms with E-state index in [0.29, 0.717) is 5.95 Å². The third-order valence-corrected chi connectivity index (χ3v) is 5.41. The van der Waals surface area contributed by atoms with E-state index in [-0.39, 0.29) is 17.8 Å². The van der Waals surface area contributed by atoms with E-state index in [1.807, 2.05) is 0 Å². The second kappa shape index (κ2) is 7.53. The molecule has 8 heteroatoms. The van der Waals surface area contributed by atoms with Gasteiger partial charge in [-0.15, -0.1) is 11.3 Å².